The van der Waals surface area contributed by atoms with Crippen molar-refractivity contribution in [2.45, 2.75) is 31.5 Å². The molecule has 144 valence electrons. The first-order valence-electron chi connectivity index (χ1n) is 8.56. The first-order valence-corrected chi connectivity index (χ1v) is 8.56. The number of carboxylic acids is 1. The summed E-state index contributed by atoms with van der Waals surface area (Å²) >= 11 is 0. The minimum atomic E-state index is -2.11. The van der Waals surface area contributed by atoms with Gasteiger partial charge in [0, 0.05) is 12.2 Å². The van der Waals surface area contributed by atoms with Crippen molar-refractivity contribution in [2.24, 2.45) is 0 Å². The molecule has 0 saturated carbocycles. The molecule has 9 nitrogen and oxygen atoms in total. The molecule has 3 amide bonds. The molecule has 2 aliphatic heterocycles. The van der Waals surface area contributed by atoms with Crippen LogP contribution in [0.4, 0.5) is 0 Å². The monoisotopic (exact) mass is 376 g/mol. The fraction of sp³-hybridized carbons (Fsp3) is 0.444. The van der Waals surface area contributed by atoms with E-state index in [-0.39, 0.29) is 29.3 Å². The summed E-state index contributed by atoms with van der Waals surface area (Å²) in [4.78, 5) is 49.3. The first-order chi connectivity index (χ1) is 12.7. The summed E-state index contributed by atoms with van der Waals surface area (Å²) in [6, 6.07) is 4.08. The number of nitrogens with one attached hydrogen (secondary N) is 1. The average molecular weight is 376 g/mol. The molecule has 1 aromatic rings. The summed E-state index contributed by atoms with van der Waals surface area (Å²) in [6.07, 6.45) is 1.50. The highest BCUT2D eigenvalue weighted by atomic mass is 16.5. The molecule has 0 bridgehead atoms. The summed E-state index contributed by atoms with van der Waals surface area (Å²) in [5.41, 5.74) is -1.69. The highest BCUT2D eigenvalue weighted by molar-refractivity contribution is 6.22. The van der Waals surface area contributed by atoms with Gasteiger partial charge in [-0.25, -0.2) is 4.79 Å². The Kier molecular flexibility index (Phi) is 4.99. The van der Waals surface area contributed by atoms with Crippen molar-refractivity contribution in [3.05, 3.63) is 34.9 Å². The van der Waals surface area contributed by atoms with Crippen LogP contribution >= 0.6 is 0 Å². The quantitative estimate of drug-likeness (QED) is 0.596. The van der Waals surface area contributed by atoms with Crippen LogP contribution in [0.25, 0.3) is 0 Å². The van der Waals surface area contributed by atoms with Crippen LogP contribution in [0.1, 0.15) is 50.8 Å². The standard InChI is InChI=1S/C18H20N2O7/c1-18(26,17(24)25)9-19-14(21)10-4-5-12-13(7-10)16(23)20(15(12)22)8-11-3-2-6-27-11/h4-5,7,11,26H,2-3,6,8-9H2,1H3,(H,19,21)(H,24,25). The second kappa shape index (κ2) is 7.09. The summed E-state index contributed by atoms with van der Waals surface area (Å²) in [5.74, 6) is -3.04. The van der Waals surface area contributed by atoms with E-state index in [2.05, 4.69) is 5.32 Å². The molecular weight excluding hydrogens is 356 g/mol. The number of imide groups is 1. The van der Waals surface area contributed by atoms with Crippen LogP contribution in [-0.2, 0) is 9.53 Å². The predicted octanol–water partition coefficient (Wildman–Crippen LogP) is 0.0270. The molecule has 1 fully saturated rings. The van der Waals surface area contributed by atoms with Gasteiger partial charge in [-0.1, -0.05) is 0 Å². The fourth-order valence-corrected chi connectivity index (χ4v) is 3.02. The third-order valence-electron chi connectivity index (χ3n) is 4.70. The maximum Gasteiger partial charge on any atom is 0.337 e. The van der Waals surface area contributed by atoms with Crippen molar-refractivity contribution in [3.63, 3.8) is 0 Å². The van der Waals surface area contributed by atoms with E-state index < -0.39 is 35.8 Å². The summed E-state index contributed by atoms with van der Waals surface area (Å²) in [6.45, 7) is 1.34. The SMILES string of the molecule is CC(O)(CNC(=O)c1ccc2c(c1)C(=O)N(CC1CCCO1)C2=O)C(=O)O. The molecular formula is C18H20N2O7. The Labute approximate surface area is 154 Å². The van der Waals surface area contributed by atoms with Crippen molar-refractivity contribution in [1.29, 1.82) is 0 Å². The zero-order valence-corrected chi connectivity index (χ0v) is 14.7. The fourth-order valence-electron chi connectivity index (χ4n) is 3.02. The lowest BCUT2D eigenvalue weighted by molar-refractivity contribution is -0.155. The zero-order valence-electron chi connectivity index (χ0n) is 14.7. The average Bonchev–Trinajstić information content (AvgIpc) is 3.22. The zero-order chi connectivity index (χ0) is 19.8. The van der Waals surface area contributed by atoms with Crippen molar-refractivity contribution >= 4 is 23.7 Å². The lowest BCUT2D eigenvalue weighted by Crippen LogP contribution is -2.46. The van der Waals surface area contributed by atoms with Gasteiger partial charge in [-0.2, -0.15) is 0 Å². The van der Waals surface area contributed by atoms with Crippen molar-refractivity contribution < 1.29 is 34.1 Å². The Morgan fingerprint density at radius 2 is 2.00 bits per heavy atom. The van der Waals surface area contributed by atoms with Crippen LogP contribution in [0.15, 0.2) is 18.2 Å². The van der Waals surface area contributed by atoms with Crippen LogP contribution < -0.4 is 5.32 Å². The number of carbonyl (C=O) groups excluding carboxylic acids is 3. The van der Waals surface area contributed by atoms with E-state index in [0.29, 0.717) is 6.61 Å². The van der Waals surface area contributed by atoms with Gasteiger partial charge in [-0.15, -0.1) is 0 Å². The third-order valence-corrected chi connectivity index (χ3v) is 4.70. The number of hydrogen-bond donors (Lipinski definition) is 3. The highest BCUT2D eigenvalue weighted by Gasteiger charge is 2.38. The van der Waals surface area contributed by atoms with Gasteiger partial charge < -0.3 is 20.3 Å². The number of hydrogen-bond acceptors (Lipinski definition) is 6. The first kappa shape index (κ1) is 19.0. The maximum absolute atomic E-state index is 12.6. The van der Waals surface area contributed by atoms with E-state index in [0.717, 1.165) is 24.7 Å². The molecule has 2 unspecified atom stereocenters. The maximum atomic E-state index is 12.6. The van der Waals surface area contributed by atoms with Gasteiger partial charge in [0.05, 0.1) is 30.3 Å². The molecule has 3 N–H and O–H groups in total. The van der Waals surface area contributed by atoms with E-state index in [1.54, 1.807) is 0 Å². The highest BCUT2D eigenvalue weighted by Crippen LogP contribution is 2.26. The number of nitrogens with zero attached hydrogens (tertiary/aromatic N) is 1. The largest absolute Gasteiger partial charge is 0.479 e. The van der Waals surface area contributed by atoms with Crippen molar-refractivity contribution in [1.82, 2.24) is 10.2 Å². The van der Waals surface area contributed by atoms with Crippen LogP contribution in [0.3, 0.4) is 0 Å². The molecule has 2 atom stereocenters. The van der Waals surface area contributed by atoms with Crippen LogP contribution in [0.2, 0.25) is 0 Å². The Bertz CT molecular complexity index is 812. The molecule has 1 aromatic carbocycles. The number of aliphatic hydroxyl groups is 1. The second-order valence-corrected chi connectivity index (χ2v) is 6.88. The molecule has 2 heterocycles. The molecule has 9 heteroatoms. The predicted molar refractivity (Wildman–Crippen MR) is 91.4 cm³/mol. The second-order valence-electron chi connectivity index (χ2n) is 6.88. The number of amides is 3. The van der Waals surface area contributed by atoms with Crippen LogP contribution in [0, 0.1) is 0 Å². The molecule has 27 heavy (non-hydrogen) atoms. The number of aliphatic carboxylic acids is 1. The van der Waals surface area contributed by atoms with E-state index in [4.69, 9.17) is 9.84 Å². The lowest BCUT2D eigenvalue weighted by atomic mass is 10.0. The molecule has 0 aromatic heterocycles. The normalized spacial score (nSPS) is 21.1. The molecule has 2 aliphatic rings. The van der Waals surface area contributed by atoms with E-state index in [1.807, 2.05) is 0 Å². The number of carboxylic acid groups (broad SMARTS) is 1. The van der Waals surface area contributed by atoms with Gasteiger partial charge in [0.2, 0.25) is 0 Å². The number of fused-ring (bicyclic) bond motifs is 1. The van der Waals surface area contributed by atoms with Crippen molar-refractivity contribution in [3.8, 4) is 0 Å². The van der Waals surface area contributed by atoms with Crippen molar-refractivity contribution in [2.75, 3.05) is 19.7 Å². The van der Waals surface area contributed by atoms with Crippen LogP contribution in [-0.4, -0.2) is 70.2 Å². The van der Waals surface area contributed by atoms with Gasteiger partial charge in [0.25, 0.3) is 17.7 Å². The van der Waals surface area contributed by atoms with E-state index in [1.165, 1.54) is 18.2 Å². The molecule has 1 saturated heterocycles. The molecule has 0 radical (unpaired) electrons. The van der Waals surface area contributed by atoms with E-state index >= 15 is 0 Å². The summed E-state index contributed by atoms with van der Waals surface area (Å²) < 4.78 is 5.47. The van der Waals surface area contributed by atoms with E-state index in [9.17, 15) is 24.3 Å². The number of carbonyl (C=O) groups is 4. The van der Waals surface area contributed by atoms with Gasteiger partial charge in [0.1, 0.15) is 0 Å². The topological polar surface area (TPSA) is 133 Å². The minimum Gasteiger partial charge on any atom is -0.479 e. The molecule has 3 rings (SSSR count). The van der Waals surface area contributed by atoms with Gasteiger partial charge in [-0.05, 0) is 38.0 Å². The molecule has 0 aliphatic carbocycles. The Morgan fingerprint density at radius 1 is 1.30 bits per heavy atom. The van der Waals surface area contributed by atoms with Gasteiger partial charge in [-0.3, -0.25) is 19.3 Å². The van der Waals surface area contributed by atoms with Gasteiger partial charge >= 0.3 is 5.97 Å². The Hall–Kier alpha value is -2.78. The number of ether oxygens (including phenoxy) is 1. The number of benzene rings is 1. The molecule has 0 spiro atoms. The lowest BCUT2D eigenvalue weighted by Gasteiger charge is -2.18. The summed E-state index contributed by atoms with van der Waals surface area (Å²) in [7, 11) is 0. The number of rotatable bonds is 6. The smallest absolute Gasteiger partial charge is 0.337 e. The third kappa shape index (κ3) is 3.69. The van der Waals surface area contributed by atoms with Crippen LogP contribution in [0.5, 0.6) is 0 Å². The Morgan fingerprint density at radius 3 is 2.63 bits per heavy atom. The Balaban J connectivity index is 1.73. The minimum absolute atomic E-state index is 0.0926. The summed E-state index contributed by atoms with van der Waals surface area (Å²) in [5, 5.41) is 20.8. The van der Waals surface area contributed by atoms with Gasteiger partial charge in [0.15, 0.2) is 5.60 Å².